The van der Waals surface area contributed by atoms with Crippen LogP contribution in [0, 0.1) is 6.92 Å². The third-order valence-corrected chi connectivity index (χ3v) is 8.22. The van der Waals surface area contributed by atoms with Crippen molar-refractivity contribution in [1.29, 1.82) is 0 Å². The van der Waals surface area contributed by atoms with Crippen molar-refractivity contribution in [3.63, 3.8) is 0 Å². The van der Waals surface area contributed by atoms with Crippen LogP contribution in [0.5, 0.6) is 0 Å². The number of hydrogen-bond donors (Lipinski definition) is 1. The second-order valence-corrected chi connectivity index (χ2v) is 10.9. The number of carbonyl (C=O) groups excluding carboxylic acids is 3. The third kappa shape index (κ3) is 5.71. The second kappa shape index (κ2) is 10.6. The van der Waals surface area contributed by atoms with Gasteiger partial charge in [-0.05, 0) is 43.2 Å². The summed E-state index contributed by atoms with van der Waals surface area (Å²) in [7, 11) is -3.48. The maximum atomic E-state index is 12.7. The van der Waals surface area contributed by atoms with Gasteiger partial charge in [-0.1, -0.05) is 24.3 Å². The van der Waals surface area contributed by atoms with Crippen LogP contribution in [0.3, 0.4) is 0 Å². The first kappa shape index (κ1) is 24.9. The fourth-order valence-corrected chi connectivity index (χ4v) is 5.76. The molecule has 3 amide bonds. The van der Waals surface area contributed by atoms with E-state index in [1.165, 1.54) is 4.31 Å². The van der Waals surface area contributed by atoms with E-state index in [9.17, 15) is 22.8 Å². The van der Waals surface area contributed by atoms with Gasteiger partial charge in [-0.2, -0.15) is 4.31 Å². The molecule has 35 heavy (non-hydrogen) atoms. The molecule has 2 aromatic rings. The van der Waals surface area contributed by atoms with E-state index in [0.717, 1.165) is 16.2 Å². The Bertz CT molecular complexity index is 1190. The first-order chi connectivity index (χ1) is 16.8. The third-order valence-electron chi connectivity index (χ3n) is 6.34. The highest BCUT2D eigenvalue weighted by Crippen LogP contribution is 2.22. The first-order valence-corrected chi connectivity index (χ1v) is 13.4. The quantitative estimate of drug-likeness (QED) is 0.527. The standard InChI is InChI=1S/C25H30N4O5S/c1-19-6-4-7-20(18-19)27-13-15-28(16-14-27)35(33,34)17-11-26-23(30)10-5-12-29-24(31)21-8-2-3-9-22(21)25(29)32/h2-4,6-9,18H,5,10-17H2,1H3,(H,26,30). The second-order valence-electron chi connectivity index (χ2n) is 8.80. The Hall–Kier alpha value is -3.24. The van der Waals surface area contributed by atoms with Gasteiger partial charge in [-0.3, -0.25) is 19.3 Å². The first-order valence-electron chi connectivity index (χ1n) is 11.8. The highest BCUT2D eigenvalue weighted by Gasteiger charge is 2.34. The Morgan fingerprint density at radius 1 is 0.943 bits per heavy atom. The maximum absolute atomic E-state index is 12.7. The lowest BCUT2D eigenvalue weighted by atomic mass is 10.1. The van der Waals surface area contributed by atoms with Crippen molar-refractivity contribution in [3.05, 3.63) is 65.2 Å². The molecule has 1 saturated heterocycles. The fraction of sp³-hybridized carbons (Fsp3) is 0.400. The summed E-state index contributed by atoms with van der Waals surface area (Å²) in [6.07, 6.45) is 0.410. The molecule has 10 heteroatoms. The molecule has 186 valence electrons. The van der Waals surface area contributed by atoms with Gasteiger partial charge in [0.25, 0.3) is 11.8 Å². The van der Waals surface area contributed by atoms with Crippen molar-refractivity contribution in [3.8, 4) is 0 Å². The minimum atomic E-state index is -3.48. The molecule has 0 radical (unpaired) electrons. The van der Waals surface area contributed by atoms with Crippen molar-refractivity contribution in [1.82, 2.24) is 14.5 Å². The van der Waals surface area contributed by atoms with E-state index in [1.807, 2.05) is 25.1 Å². The van der Waals surface area contributed by atoms with Crippen molar-refractivity contribution in [2.75, 3.05) is 49.9 Å². The van der Waals surface area contributed by atoms with E-state index >= 15 is 0 Å². The molecule has 0 aromatic heterocycles. The van der Waals surface area contributed by atoms with Gasteiger partial charge in [0.05, 0.1) is 16.9 Å². The summed E-state index contributed by atoms with van der Waals surface area (Å²) in [6, 6.07) is 14.8. The lowest BCUT2D eigenvalue weighted by Crippen LogP contribution is -2.50. The fourth-order valence-electron chi connectivity index (χ4n) is 4.43. The number of amides is 3. The zero-order valence-electron chi connectivity index (χ0n) is 19.8. The van der Waals surface area contributed by atoms with Crippen LogP contribution in [0.15, 0.2) is 48.5 Å². The summed E-state index contributed by atoms with van der Waals surface area (Å²) in [5, 5.41) is 2.64. The molecular weight excluding hydrogens is 468 g/mol. The van der Waals surface area contributed by atoms with E-state index in [0.29, 0.717) is 43.7 Å². The Morgan fingerprint density at radius 3 is 2.23 bits per heavy atom. The molecule has 0 saturated carbocycles. The molecule has 0 unspecified atom stereocenters. The van der Waals surface area contributed by atoms with Crippen LogP contribution >= 0.6 is 0 Å². The average Bonchev–Trinajstić information content (AvgIpc) is 3.09. The van der Waals surface area contributed by atoms with Crippen LogP contribution < -0.4 is 10.2 Å². The molecule has 1 fully saturated rings. The minimum Gasteiger partial charge on any atom is -0.369 e. The van der Waals surface area contributed by atoms with Crippen LogP contribution in [0.25, 0.3) is 0 Å². The van der Waals surface area contributed by atoms with Crippen molar-refractivity contribution in [2.45, 2.75) is 19.8 Å². The van der Waals surface area contributed by atoms with E-state index in [2.05, 4.69) is 16.3 Å². The lowest BCUT2D eigenvalue weighted by molar-refractivity contribution is -0.121. The number of carbonyl (C=O) groups is 3. The van der Waals surface area contributed by atoms with Crippen molar-refractivity contribution < 1.29 is 22.8 Å². The highest BCUT2D eigenvalue weighted by atomic mass is 32.2. The number of rotatable bonds is 9. The number of sulfonamides is 1. The van der Waals surface area contributed by atoms with E-state index in [4.69, 9.17) is 0 Å². The number of nitrogens with one attached hydrogen (secondary N) is 1. The van der Waals surface area contributed by atoms with Gasteiger partial charge >= 0.3 is 0 Å². The van der Waals surface area contributed by atoms with Gasteiger partial charge in [0, 0.05) is 51.4 Å². The van der Waals surface area contributed by atoms with E-state index in [-0.39, 0.29) is 43.0 Å². The normalized spacial score (nSPS) is 16.5. The maximum Gasteiger partial charge on any atom is 0.261 e. The van der Waals surface area contributed by atoms with Crippen LogP contribution in [-0.2, 0) is 14.8 Å². The highest BCUT2D eigenvalue weighted by molar-refractivity contribution is 7.89. The summed E-state index contributed by atoms with van der Waals surface area (Å²) in [5.74, 6) is -1.16. The van der Waals surface area contributed by atoms with Gasteiger partial charge in [-0.15, -0.1) is 0 Å². The van der Waals surface area contributed by atoms with Crippen LogP contribution in [0.1, 0.15) is 39.1 Å². The van der Waals surface area contributed by atoms with Gasteiger partial charge in [0.1, 0.15) is 0 Å². The Kier molecular flexibility index (Phi) is 7.51. The molecule has 0 bridgehead atoms. The largest absolute Gasteiger partial charge is 0.369 e. The van der Waals surface area contributed by atoms with Crippen LogP contribution in [0.4, 0.5) is 5.69 Å². The number of aryl methyl sites for hydroxylation is 1. The lowest BCUT2D eigenvalue weighted by Gasteiger charge is -2.35. The molecule has 1 N–H and O–H groups in total. The molecule has 2 aliphatic rings. The summed E-state index contributed by atoms with van der Waals surface area (Å²) in [5.41, 5.74) is 3.02. The summed E-state index contributed by atoms with van der Waals surface area (Å²) in [4.78, 5) is 40.2. The molecule has 9 nitrogen and oxygen atoms in total. The van der Waals surface area contributed by atoms with Crippen molar-refractivity contribution in [2.24, 2.45) is 0 Å². The summed E-state index contributed by atoms with van der Waals surface area (Å²) < 4.78 is 26.9. The monoisotopic (exact) mass is 498 g/mol. The number of anilines is 1. The number of benzene rings is 2. The number of fused-ring (bicyclic) bond motifs is 1. The molecule has 0 atom stereocenters. The summed E-state index contributed by atoms with van der Waals surface area (Å²) >= 11 is 0. The van der Waals surface area contributed by atoms with Gasteiger partial charge in [0.2, 0.25) is 15.9 Å². The van der Waals surface area contributed by atoms with Gasteiger partial charge in [0.15, 0.2) is 0 Å². The molecule has 2 heterocycles. The minimum absolute atomic E-state index is 0.0201. The molecule has 0 spiro atoms. The van der Waals surface area contributed by atoms with E-state index < -0.39 is 10.0 Å². The van der Waals surface area contributed by atoms with Crippen LogP contribution in [-0.4, -0.2) is 80.4 Å². The average molecular weight is 499 g/mol. The summed E-state index contributed by atoms with van der Waals surface area (Å²) in [6.45, 7) is 4.24. The molecule has 2 aliphatic heterocycles. The number of nitrogens with zero attached hydrogens (tertiary/aromatic N) is 3. The van der Waals surface area contributed by atoms with Gasteiger partial charge in [-0.25, -0.2) is 8.42 Å². The number of imide groups is 1. The van der Waals surface area contributed by atoms with Gasteiger partial charge < -0.3 is 10.2 Å². The van der Waals surface area contributed by atoms with Crippen molar-refractivity contribution >= 4 is 33.4 Å². The Labute approximate surface area is 205 Å². The molecule has 4 rings (SSSR count). The zero-order chi connectivity index (χ0) is 25.0. The number of piperazine rings is 1. The zero-order valence-corrected chi connectivity index (χ0v) is 20.6. The predicted octanol–water partition coefficient (Wildman–Crippen LogP) is 1.64. The topological polar surface area (TPSA) is 107 Å². The Morgan fingerprint density at radius 2 is 1.60 bits per heavy atom. The SMILES string of the molecule is Cc1cccc(N2CCN(S(=O)(=O)CCNC(=O)CCCN3C(=O)c4ccccc4C3=O)CC2)c1. The predicted molar refractivity (Wildman–Crippen MR) is 133 cm³/mol. The molecule has 2 aromatic carbocycles. The Balaban J connectivity index is 1.16. The van der Waals surface area contributed by atoms with E-state index in [1.54, 1.807) is 24.3 Å². The smallest absolute Gasteiger partial charge is 0.261 e. The van der Waals surface area contributed by atoms with Crippen LogP contribution in [0.2, 0.25) is 0 Å². The molecular formula is C25H30N4O5S. The number of hydrogen-bond acceptors (Lipinski definition) is 6. The molecule has 0 aliphatic carbocycles.